The number of rotatable bonds is 10. The number of amides is 1. The summed E-state index contributed by atoms with van der Waals surface area (Å²) in [4.78, 5) is 74.4. The smallest absolute Gasteiger partial charge is 0.303 e. The highest BCUT2D eigenvalue weighted by Gasteiger charge is 2.58. The molecule has 1 amide bonds. The minimum absolute atomic E-state index is 0.0212. The third-order valence-corrected chi connectivity index (χ3v) is 7.71. The van der Waals surface area contributed by atoms with Crippen molar-refractivity contribution >= 4 is 47.5 Å². The molecule has 3 rings (SSSR count). The first-order valence-corrected chi connectivity index (χ1v) is 14.0. The normalized spacial score (nSPS) is 34.5. The minimum atomic E-state index is -1.36. The van der Waals surface area contributed by atoms with E-state index >= 15 is 0 Å². The van der Waals surface area contributed by atoms with Crippen molar-refractivity contribution in [2.45, 2.75) is 95.3 Å². The largest absolute Gasteiger partial charge is 0.456 e. The van der Waals surface area contributed by atoms with Crippen molar-refractivity contribution in [2.24, 2.45) is 0 Å². The summed E-state index contributed by atoms with van der Waals surface area (Å²) >= 11 is 1.14. The topological polar surface area (TPSA) is 189 Å². The maximum absolute atomic E-state index is 13.2. The maximum atomic E-state index is 13.2. The molecule has 3 fully saturated rings. The molecule has 16 nitrogen and oxygen atoms in total. The highest BCUT2D eigenvalue weighted by Crippen LogP contribution is 2.39. The second-order valence-electron chi connectivity index (χ2n) is 9.60. The van der Waals surface area contributed by atoms with E-state index in [9.17, 15) is 28.8 Å². The second kappa shape index (κ2) is 14.5. The number of hydrogen-bond acceptors (Lipinski definition) is 16. The first-order chi connectivity index (χ1) is 19.8. The molecule has 3 aliphatic rings. The number of carbonyl (C=O) groups is 6. The van der Waals surface area contributed by atoms with E-state index in [2.05, 4.69) is 0 Å². The Balaban J connectivity index is 1.98. The lowest BCUT2D eigenvalue weighted by atomic mass is 9.96. The van der Waals surface area contributed by atoms with Gasteiger partial charge < -0.3 is 47.5 Å². The van der Waals surface area contributed by atoms with Gasteiger partial charge in [-0.1, -0.05) is 0 Å². The van der Waals surface area contributed by atoms with Crippen LogP contribution in [0.3, 0.4) is 0 Å². The molecule has 0 aromatic heterocycles. The molecule has 0 bridgehead atoms. The Labute approximate surface area is 245 Å². The van der Waals surface area contributed by atoms with Gasteiger partial charge in [-0.15, -0.1) is 11.8 Å². The fourth-order valence-electron chi connectivity index (χ4n) is 5.05. The lowest BCUT2D eigenvalue weighted by Gasteiger charge is -2.46. The van der Waals surface area contributed by atoms with Crippen molar-refractivity contribution in [1.82, 2.24) is 4.90 Å². The molecule has 3 aliphatic heterocycles. The number of ether oxygens (including phenoxy) is 9. The van der Waals surface area contributed by atoms with Crippen LogP contribution in [0, 0.1) is 0 Å². The summed E-state index contributed by atoms with van der Waals surface area (Å²) in [6.07, 6.45) is -10.9. The number of thioether (sulfide) groups is 1. The molecular weight excluding hydrogens is 586 g/mol. The van der Waals surface area contributed by atoms with Crippen molar-refractivity contribution < 1.29 is 71.4 Å². The van der Waals surface area contributed by atoms with Crippen LogP contribution in [-0.4, -0.2) is 128 Å². The lowest BCUT2D eigenvalue weighted by Crippen LogP contribution is -2.65. The molecule has 0 N–H and O–H groups in total. The minimum Gasteiger partial charge on any atom is -0.456 e. The predicted molar refractivity (Wildman–Crippen MR) is 137 cm³/mol. The van der Waals surface area contributed by atoms with E-state index in [0.717, 1.165) is 32.5 Å². The van der Waals surface area contributed by atoms with Gasteiger partial charge in [0.1, 0.15) is 17.6 Å². The summed E-state index contributed by atoms with van der Waals surface area (Å²) in [5, 5.41) is -0.883. The summed E-state index contributed by atoms with van der Waals surface area (Å²) in [7, 11) is 2.59. The number of hydrogen-bond donors (Lipinski definition) is 0. The van der Waals surface area contributed by atoms with Crippen molar-refractivity contribution in [2.75, 3.05) is 26.5 Å². The van der Waals surface area contributed by atoms with Gasteiger partial charge in [0.2, 0.25) is 5.91 Å². The van der Waals surface area contributed by atoms with Gasteiger partial charge in [0, 0.05) is 48.8 Å². The Hall–Kier alpha value is -2.99. The molecule has 236 valence electrons. The monoisotopic (exact) mass is 621 g/mol. The lowest BCUT2D eigenvalue weighted by molar-refractivity contribution is -0.301. The average molecular weight is 622 g/mol. The Bertz CT molecular complexity index is 1050. The average Bonchev–Trinajstić information content (AvgIpc) is 3.39. The number of esters is 5. The van der Waals surface area contributed by atoms with Gasteiger partial charge in [-0.3, -0.25) is 28.8 Å². The molecular formula is C25H35NO15S. The van der Waals surface area contributed by atoms with Crippen LogP contribution in [0.2, 0.25) is 0 Å². The fourth-order valence-corrected chi connectivity index (χ4v) is 6.32. The highest BCUT2D eigenvalue weighted by atomic mass is 32.2. The number of carbonyl (C=O) groups excluding carboxylic acids is 6. The molecule has 0 aromatic carbocycles. The first-order valence-electron chi connectivity index (χ1n) is 12.9. The van der Waals surface area contributed by atoms with E-state index < -0.39 is 90.5 Å². The third-order valence-electron chi connectivity index (χ3n) is 6.44. The van der Waals surface area contributed by atoms with Crippen LogP contribution >= 0.6 is 11.8 Å². The zero-order valence-corrected chi connectivity index (χ0v) is 25.0. The van der Waals surface area contributed by atoms with Crippen LogP contribution in [0.25, 0.3) is 0 Å². The summed E-state index contributed by atoms with van der Waals surface area (Å²) in [6, 6.07) is 0. The van der Waals surface area contributed by atoms with Crippen LogP contribution in [0.5, 0.6) is 0 Å². The molecule has 0 spiro atoms. The van der Waals surface area contributed by atoms with Gasteiger partial charge in [0.15, 0.2) is 43.1 Å². The molecule has 3 saturated heterocycles. The second-order valence-corrected chi connectivity index (χ2v) is 10.7. The molecule has 0 saturated carbocycles. The Morgan fingerprint density at radius 1 is 0.690 bits per heavy atom. The first kappa shape index (κ1) is 33.5. The highest BCUT2D eigenvalue weighted by molar-refractivity contribution is 8.01. The summed E-state index contributed by atoms with van der Waals surface area (Å²) in [6.45, 7) is 5.54. The number of methoxy groups -OCH3 is 2. The molecule has 0 aliphatic carbocycles. The Kier molecular flexibility index (Phi) is 11.5. The van der Waals surface area contributed by atoms with E-state index in [1.54, 1.807) is 0 Å². The maximum Gasteiger partial charge on any atom is 0.303 e. The SMILES string of the molecule is CO[C@H]1OC([C@@H]2SCC(=O)N2C[C@@H]2O[C@@H](OC)[C@H](OC(C)=O)[C@@H]2OC(C)=O)[C@@H](OC(C)=O)[C@H](OC(C)=O)[C@H]1OC(C)=O. The van der Waals surface area contributed by atoms with Crippen LogP contribution in [0.15, 0.2) is 0 Å². The molecule has 1 unspecified atom stereocenters. The van der Waals surface area contributed by atoms with Gasteiger partial charge in [-0.25, -0.2) is 0 Å². The van der Waals surface area contributed by atoms with Gasteiger partial charge in [-0.05, 0) is 0 Å². The predicted octanol–water partition coefficient (Wildman–Crippen LogP) is -0.711. The van der Waals surface area contributed by atoms with Crippen LogP contribution in [-0.2, 0) is 71.4 Å². The standard InChI is InChI=1S/C25H35NO15S/c1-10(27)35-17-15(40-24(33-6)21(17)38-13(4)30)8-26-16(32)9-42-23(26)20-18(36-11(2)28)19(37-12(3)29)22(39-14(5)31)25(34-7)41-20/h15,17-25H,8-9H2,1-7H3/t15-,17+,18-,19-,20?,21+,22+,23-,24+,25-/m0/s1. The third kappa shape index (κ3) is 7.89. The van der Waals surface area contributed by atoms with Gasteiger partial charge in [0.05, 0.1) is 12.3 Å². The van der Waals surface area contributed by atoms with E-state index in [1.165, 1.54) is 33.0 Å². The van der Waals surface area contributed by atoms with E-state index in [4.69, 9.17) is 42.6 Å². The van der Waals surface area contributed by atoms with Gasteiger partial charge in [0.25, 0.3) is 0 Å². The molecule has 42 heavy (non-hydrogen) atoms. The van der Waals surface area contributed by atoms with Crippen LogP contribution < -0.4 is 0 Å². The molecule has 17 heteroatoms. The molecule has 3 heterocycles. The van der Waals surface area contributed by atoms with Crippen LogP contribution in [0.1, 0.15) is 34.6 Å². The number of nitrogens with zero attached hydrogens (tertiary/aromatic N) is 1. The van der Waals surface area contributed by atoms with Crippen molar-refractivity contribution in [3.05, 3.63) is 0 Å². The van der Waals surface area contributed by atoms with E-state index in [0.29, 0.717) is 0 Å². The Morgan fingerprint density at radius 3 is 1.62 bits per heavy atom. The van der Waals surface area contributed by atoms with Gasteiger partial charge in [-0.2, -0.15) is 0 Å². The summed E-state index contributed by atoms with van der Waals surface area (Å²) in [5.41, 5.74) is 0. The van der Waals surface area contributed by atoms with Crippen molar-refractivity contribution in [1.29, 1.82) is 0 Å². The zero-order valence-electron chi connectivity index (χ0n) is 24.2. The van der Waals surface area contributed by atoms with Crippen molar-refractivity contribution in [3.8, 4) is 0 Å². The van der Waals surface area contributed by atoms with Gasteiger partial charge >= 0.3 is 29.8 Å². The Morgan fingerprint density at radius 2 is 1.12 bits per heavy atom. The molecule has 10 atom stereocenters. The van der Waals surface area contributed by atoms with E-state index in [1.807, 2.05) is 0 Å². The summed E-state index contributed by atoms with van der Waals surface area (Å²) < 4.78 is 49.8. The summed E-state index contributed by atoms with van der Waals surface area (Å²) in [5.74, 6) is -4.00. The van der Waals surface area contributed by atoms with E-state index in [-0.39, 0.29) is 18.2 Å². The fraction of sp³-hybridized carbons (Fsp3) is 0.760. The molecule has 0 radical (unpaired) electrons. The van der Waals surface area contributed by atoms with Crippen LogP contribution in [0.4, 0.5) is 0 Å². The zero-order chi connectivity index (χ0) is 31.3. The quantitative estimate of drug-likeness (QED) is 0.219. The molecule has 0 aromatic rings. The van der Waals surface area contributed by atoms with Crippen molar-refractivity contribution in [3.63, 3.8) is 0 Å².